The van der Waals surface area contributed by atoms with Crippen molar-refractivity contribution in [2.45, 2.75) is 0 Å². The number of aromatic amines is 1. The molecule has 0 bridgehead atoms. The molecule has 0 unspecified atom stereocenters. The fourth-order valence-electron chi connectivity index (χ4n) is 1.25. The van der Waals surface area contributed by atoms with E-state index >= 15 is 0 Å². The minimum atomic E-state index is 0.727. The predicted molar refractivity (Wildman–Crippen MR) is 41.5 cm³/mol. The van der Waals surface area contributed by atoms with E-state index in [1.165, 1.54) is 0 Å². The maximum Gasteiger partial charge on any atom is 0.160 e. The first-order valence-electron chi connectivity index (χ1n) is 3.49. The van der Waals surface area contributed by atoms with Gasteiger partial charge in [-0.15, -0.1) is 5.10 Å². The van der Waals surface area contributed by atoms with Gasteiger partial charge in [0.25, 0.3) is 0 Å². The normalized spacial score (nSPS) is 11.3. The first kappa shape index (κ1) is 5.70. The van der Waals surface area contributed by atoms with Gasteiger partial charge in [-0.25, -0.2) is 0 Å². The number of benzene rings is 1. The molecule has 5 nitrogen and oxygen atoms in total. The Kier molecular flexibility index (Phi) is 0.864. The van der Waals surface area contributed by atoms with Gasteiger partial charge in [0.05, 0.1) is 6.20 Å². The standard InChI is InChI=1S/C7H4N4O/c1-2-5-7(11-12-10-5)6-4(1)3-8-9-6/h1-3,10H. The van der Waals surface area contributed by atoms with Crippen LogP contribution in [-0.4, -0.2) is 20.5 Å². The number of nitrogens with zero attached hydrogens (tertiary/aromatic N) is 3. The zero-order valence-electron chi connectivity index (χ0n) is 5.98. The second-order valence-electron chi connectivity index (χ2n) is 2.53. The van der Waals surface area contributed by atoms with E-state index in [1.54, 1.807) is 6.20 Å². The van der Waals surface area contributed by atoms with Crippen molar-refractivity contribution in [3.63, 3.8) is 0 Å². The van der Waals surface area contributed by atoms with E-state index < -0.39 is 0 Å². The molecule has 12 heavy (non-hydrogen) atoms. The summed E-state index contributed by atoms with van der Waals surface area (Å²) < 4.78 is 4.70. The summed E-state index contributed by atoms with van der Waals surface area (Å²) in [6, 6.07) is 3.81. The number of hydrogen-bond donors (Lipinski definition) is 1. The van der Waals surface area contributed by atoms with E-state index in [0.29, 0.717) is 0 Å². The molecule has 2 heterocycles. The van der Waals surface area contributed by atoms with Gasteiger partial charge in [0.2, 0.25) is 0 Å². The second kappa shape index (κ2) is 1.82. The molecule has 3 aromatic rings. The molecule has 0 aliphatic carbocycles. The van der Waals surface area contributed by atoms with Crippen LogP contribution in [0.25, 0.3) is 21.9 Å². The predicted octanol–water partition coefficient (Wildman–Crippen LogP) is 1.10. The summed E-state index contributed by atoms with van der Waals surface area (Å²) in [5.74, 6) is 0. The Morgan fingerprint density at radius 3 is 3.25 bits per heavy atom. The van der Waals surface area contributed by atoms with Crippen molar-refractivity contribution in [3.05, 3.63) is 18.3 Å². The molecule has 2 aromatic heterocycles. The molecule has 0 aliphatic rings. The third kappa shape index (κ3) is 0.554. The number of fused-ring (bicyclic) bond motifs is 3. The maximum atomic E-state index is 4.70. The average Bonchev–Trinajstić information content (AvgIpc) is 2.71. The van der Waals surface area contributed by atoms with Crippen LogP contribution >= 0.6 is 0 Å². The molecule has 0 atom stereocenters. The lowest BCUT2D eigenvalue weighted by Gasteiger charge is -1.84. The minimum absolute atomic E-state index is 0.727. The number of H-pyrrole nitrogens is 1. The number of hydrogen-bond acceptors (Lipinski definition) is 4. The van der Waals surface area contributed by atoms with E-state index in [0.717, 1.165) is 21.9 Å². The van der Waals surface area contributed by atoms with Crippen molar-refractivity contribution in [2.75, 3.05) is 0 Å². The van der Waals surface area contributed by atoms with Crippen LogP contribution in [0.15, 0.2) is 23.0 Å². The summed E-state index contributed by atoms with van der Waals surface area (Å²) in [5, 5.41) is 15.1. The summed E-state index contributed by atoms with van der Waals surface area (Å²) >= 11 is 0. The fourth-order valence-corrected chi connectivity index (χ4v) is 1.25. The number of nitrogens with one attached hydrogen (secondary N) is 1. The fraction of sp³-hybridized carbons (Fsp3) is 0. The molecule has 5 heteroatoms. The molecule has 0 saturated heterocycles. The molecule has 3 rings (SSSR count). The highest BCUT2D eigenvalue weighted by atomic mass is 16.6. The van der Waals surface area contributed by atoms with Crippen LogP contribution in [0.2, 0.25) is 0 Å². The highest BCUT2D eigenvalue weighted by molar-refractivity contribution is 6.00. The Morgan fingerprint density at radius 2 is 2.25 bits per heavy atom. The summed E-state index contributed by atoms with van der Waals surface area (Å²) in [4.78, 5) is 0. The van der Waals surface area contributed by atoms with Gasteiger partial charge < -0.3 is 0 Å². The third-order valence-corrected chi connectivity index (χ3v) is 1.83. The van der Waals surface area contributed by atoms with Crippen molar-refractivity contribution in [2.24, 2.45) is 0 Å². The topological polar surface area (TPSA) is 67.6 Å². The lowest BCUT2D eigenvalue weighted by molar-refractivity contribution is 0.315. The zero-order valence-corrected chi connectivity index (χ0v) is 5.98. The molecule has 0 aliphatic heterocycles. The average molecular weight is 160 g/mol. The molecule has 0 spiro atoms. The molecule has 0 saturated carbocycles. The van der Waals surface area contributed by atoms with Crippen LogP contribution in [0, 0.1) is 0 Å². The highest BCUT2D eigenvalue weighted by Crippen LogP contribution is 2.19. The Morgan fingerprint density at radius 1 is 1.25 bits per heavy atom. The van der Waals surface area contributed by atoms with E-state index in [4.69, 9.17) is 4.63 Å². The van der Waals surface area contributed by atoms with Crippen LogP contribution in [-0.2, 0) is 0 Å². The summed E-state index contributed by atoms with van der Waals surface area (Å²) in [6.45, 7) is 0. The Bertz CT molecular complexity index is 489. The van der Waals surface area contributed by atoms with Gasteiger partial charge in [0.1, 0.15) is 11.0 Å². The van der Waals surface area contributed by atoms with E-state index in [1.807, 2.05) is 12.1 Å². The monoisotopic (exact) mass is 160 g/mol. The van der Waals surface area contributed by atoms with Gasteiger partial charge in [-0.3, -0.25) is 4.63 Å². The van der Waals surface area contributed by atoms with Gasteiger partial charge in [0.15, 0.2) is 5.52 Å². The van der Waals surface area contributed by atoms with E-state index in [2.05, 4.69) is 20.5 Å². The summed E-state index contributed by atoms with van der Waals surface area (Å²) in [7, 11) is 0. The van der Waals surface area contributed by atoms with Crippen molar-refractivity contribution in [1.29, 1.82) is 0 Å². The van der Waals surface area contributed by atoms with Crippen LogP contribution < -0.4 is 0 Å². The van der Waals surface area contributed by atoms with Gasteiger partial charge in [-0.2, -0.15) is 10.3 Å². The molecule has 0 fully saturated rings. The van der Waals surface area contributed by atoms with E-state index in [-0.39, 0.29) is 0 Å². The first-order valence-corrected chi connectivity index (χ1v) is 3.49. The highest BCUT2D eigenvalue weighted by Gasteiger charge is 2.05. The van der Waals surface area contributed by atoms with Crippen LogP contribution in [0.5, 0.6) is 0 Å². The van der Waals surface area contributed by atoms with Crippen molar-refractivity contribution < 1.29 is 4.63 Å². The second-order valence-corrected chi connectivity index (χ2v) is 2.53. The van der Waals surface area contributed by atoms with Gasteiger partial charge >= 0.3 is 0 Å². The van der Waals surface area contributed by atoms with Crippen LogP contribution in [0.1, 0.15) is 0 Å². The Labute approximate surface area is 66.3 Å². The lowest BCUT2D eigenvalue weighted by Crippen LogP contribution is -1.72. The maximum absolute atomic E-state index is 4.70. The van der Waals surface area contributed by atoms with Crippen molar-refractivity contribution in [1.82, 2.24) is 20.5 Å². The van der Waals surface area contributed by atoms with E-state index in [9.17, 15) is 0 Å². The summed E-state index contributed by atoms with van der Waals surface area (Å²) in [5.41, 5.74) is 2.34. The van der Waals surface area contributed by atoms with Crippen LogP contribution in [0.4, 0.5) is 0 Å². The SMILES string of the molecule is c1cc2[nH]onc2c2nncc12. The Hall–Kier alpha value is -1.91. The molecule has 0 amide bonds. The molecular formula is C7H4N4O. The molecule has 58 valence electrons. The summed E-state index contributed by atoms with van der Waals surface area (Å²) in [6.07, 6.45) is 1.70. The number of rotatable bonds is 0. The quantitative estimate of drug-likeness (QED) is 0.534. The minimum Gasteiger partial charge on any atom is -0.270 e. The lowest BCUT2D eigenvalue weighted by atomic mass is 10.2. The molecule has 0 radical (unpaired) electrons. The van der Waals surface area contributed by atoms with Gasteiger partial charge in [-0.1, -0.05) is 0 Å². The van der Waals surface area contributed by atoms with Crippen molar-refractivity contribution in [3.8, 4) is 0 Å². The molecule has 1 aromatic carbocycles. The van der Waals surface area contributed by atoms with Crippen LogP contribution in [0.3, 0.4) is 0 Å². The third-order valence-electron chi connectivity index (χ3n) is 1.83. The smallest absolute Gasteiger partial charge is 0.160 e. The largest absolute Gasteiger partial charge is 0.270 e. The molecule has 1 N–H and O–H groups in total. The van der Waals surface area contributed by atoms with Gasteiger partial charge in [-0.05, 0) is 17.3 Å². The van der Waals surface area contributed by atoms with Crippen molar-refractivity contribution >= 4 is 21.9 Å². The Balaban J connectivity index is 2.71. The number of aromatic nitrogens is 4. The molecular weight excluding hydrogens is 156 g/mol. The van der Waals surface area contributed by atoms with Gasteiger partial charge in [0, 0.05) is 5.39 Å². The first-order chi connectivity index (χ1) is 5.95. The zero-order chi connectivity index (χ0) is 7.97.